The quantitative estimate of drug-likeness (QED) is 0.860. The second-order valence-electron chi connectivity index (χ2n) is 2.60. The molecule has 6 heteroatoms. The predicted octanol–water partition coefficient (Wildman–Crippen LogP) is 2.03. The van der Waals surface area contributed by atoms with Gasteiger partial charge in [0.25, 0.3) is 0 Å². The van der Waals surface area contributed by atoms with Crippen molar-refractivity contribution in [1.29, 1.82) is 0 Å². The molecule has 0 amide bonds. The number of carboxylic acids is 1. The summed E-state index contributed by atoms with van der Waals surface area (Å²) in [4.78, 5) is 18.5. The molecule has 0 saturated heterocycles. The zero-order valence-corrected chi connectivity index (χ0v) is 8.27. The molecule has 0 aliphatic rings. The third-order valence-corrected chi connectivity index (χ3v) is 2.44. The maximum atomic E-state index is 10.6. The number of aromatic carboxylic acids is 1. The highest BCUT2D eigenvalue weighted by Gasteiger charge is 2.08. The first-order chi connectivity index (χ1) is 7.25. The minimum absolute atomic E-state index is 0.230. The molecule has 0 atom stereocenters. The van der Waals surface area contributed by atoms with Gasteiger partial charge in [-0.15, -0.1) is 11.3 Å². The van der Waals surface area contributed by atoms with E-state index < -0.39 is 5.97 Å². The average molecular weight is 222 g/mol. The summed E-state index contributed by atoms with van der Waals surface area (Å²) in [5.74, 6) is -0.167. The van der Waals surface area contributed by atoms with Crippen LogP contribution in [0.4, 0.5) is 0 Å². The third kappa shape index (κ3) is 2.29. The highest BCUT2D eigenvalue weighted by atomic mass is 32.1. The first-order valence-electron chi connectivity index (χ1n) is 4.01. The van der Waals surface area contributed by atoms with Gasteiger partial charge in [-0.2, -0.15) is 0 Å². The molecule has 5 nitrogen and oxygen atoms in total. The summed E-state index contributed by atoms with van der Waals surface area (Å²) in [7, 11) is 0. The number of rotatable bonds is 3. The van der Waals surface area contributed by atoms with Gasteiger partial charge in [-0.05, 0) is 0 Å². The maximum absolute atomic E-state index is 10.6. The first kappa shape index (κ1) is 9.60. The van der Waals surface area contributed by atoms with Crippen molar-refractivity contribution in [2.24, 2.45) is 0 Å². The molecule has 2 aromatic heterocycles. The molecule has 2 heterocycles. The van der Waals surface area contributed by atoms with E-state index in [1.165, 1.54) is 24.7 Å². The van der Waals surface area contributed by atoms with Crippen molar-refractivity contribution < 1.29 is 14.6 Å². The van der Waals surface area contributed by atoms with Crippen LogP contribution < -0.4 is 4.74 Å². The highest BCUT2D eigenvalue weighted by Crippen LogP contribution is 2.25. The van der Waals surface area contributed by atoms with Crippen molar-refractivity contribution in [3.05, 3.63) is 34.9 Å². The van der Waals surface area contributed by atoms with E-state index in [4.69, 9.17) is 9.84 Å². The van der Waals surface area contributed by atoms with Gasteiger partial charge in [-0.3, -0.25) is 4.98 Å². The van der Waals surface area contributed by atoms with E-state index in [1.807, 2.05) is 0 Å². The van der Waals surface area contributed by atoms with Gasteiger partial charge < -0.3 is 9.84 Å². The topological polar surface area (TPSA) is 72.3 Å². The lowest BCUT2D eigenvalue weighted by atomic mass is 10.4. The summed E-state index contributed by atoms with van der Waals surface area (Å²) in [6.45, 7) is 0. The molecule has 76 valence electrons. The van der Waals surface area contributed by atoms with Gasteiger partial charge in [0, 0.05) is 23.8 Å². The van der Waals surface area contributed by atoms with Crippen LogP contribution in [0.5, 0.6) is 11.6 Å². The fourth-order valence-electron chi connectivity index (χ4n) is 0.943. The summed E-state index contributed by atoms with van der Waals surface area (Å²) in [6.07, 6.45) is 4.49. The predicted molar refractivity (Wildman–Crippen MR) is 53.4 cm³/mol. The molecule has 0 bridgehead atoms. The summed E-state index contributed by atoms with van der Waals surface area (Å²) in [5.41, 5.74) is 0. The van der Waals surface area contributed by atoms with Gasteiger partial charge in [-0.25, -0.2) is 9.78 Å². The summed E-state index contributed by atoms with van der Waals surface area (Å²) in [6, 6.07) is 1.45. The Bertz CT molecular complexity index is 469. The minimum Gasteiger partial charge on any atom is -0.477 e. The molecule has 0 unspecified atom stereocenters. The number of ether oxygens (including phenoxy) is 1. The van der Waals surface area contributed by atoms with E-state index in [-0.39, 0.29) is 4.88 Å². The largest absolute Gasteiger partial charge is 0.477 e. The van der Waals surface area contributed by atoms with Gasteiger partial charge in [0.1, 0.15) is 10.6 Å². The van der Waals surface area contributed by atoms with Gasteiger partial charge in [0.2, 0.25) is 5.88 Å². The number of carboxylic acid groups (broad SMARTS) is 1. The maximum Gasteiger partial charge on any atom is 0.346 e. The van der Waals surface area contributed by atoms with Crippen LogP contribution in [-0.4, -0.2) is 21.0 Å². The molecule has 2 aromatic rings. The zero-order chi connectivity index (χ0) is 10.7. The van der Waals surface area contributed by atoms with E-state index >= 15 is 0 Å². The smallest absolute Gasteiger partial charge is 0.346 e. The molecule has 0 fully saturated rings. The van der Waals surface area contributed by atoms with E-state index in [0.717, 1.165) is 11.3 Å². The molecule has 0 aliphatic heterocycles. The normalized spacial score (nSPS) is 9.87. The number of aromatic nitrogens is 2. The molecular formula is C9H6N2O3S. The highest BCUT2D eigenvalue weighted by molar-refractivity contribution is 7.12. The molecule has 0 spiro atoms. The van der Waals surface area contributed by atoms with Gasteiger partial charge in [-0.1, -0.05) is 0 Å². The van der Waals surface area contributed by atoms with Crippen molar-refractivity contribution in [1.82, 2.24) is 9.97 Å². The Morgan fingerprint density at radius 3 is 2.93 bits per heavy atom. The lowest BCUT2D eigenvalue weighted by Crippen LogP contribution is -1.90. The zero-order valence-electron chi connectivity index (χ0n) is 7.45. The molecular weight excluding hydrogens is 216 g/mol. The van der Waals surface area contributed by atoms with E-state index in [2.05, 4.69) is 9.97 Å². The number of hydrogen-bond acceptors (Lipinski definition) is 5. The molecule has 15 heavy (non-hydrogen) atoms. The van der Waals surface area contributed by atoms with Crippen molar-refractivity contribution in [3.8, 4) is 11.6 Å². The first-order valence-corrected chi connectivity index (χ1v) is 4.89. The van der Waals surface area contributed by atoms with Crippen LogP contribution >= 0.6 is 11.3 Å². The third-order valence-electron chi connectivity index (χ3n) is 1.55. The van der Waals surface area contributed by atoms with Crippen LogP contribution in [0.3, 0.4) is 0 Å². The van der Waals surface area contributed by atoms with Crippen molar-refractivity contribution in [3.63, 3.8) is 0 Å². The van der Waals surface area contributed by atoms with E-state index in [0.29, 0.717) is 11.6 Å². The Morgan fingerprint density at radius 2 is 2.33 bits per heavy atom. The fraction of sp³-hybridized carbons (Fsp3) is 0. The Hall–Kier alpha value is -1.95. The number of carbonyl (C=O) groups is 1. The second kappa shape index (κ2) is 4.05. The SMILES string of the molecule is O=C(O)c1cc(Oc2cnccn2)cs1. The van der Waals surface area contributed by atoms with Crippen molar-refractivity contribution in [2.75, 3.05) is 0 Å². The van der Waals surface area contributed by atoms with Crippen molar-refractivity contribution >= 4 is 17.3 Å². The molecule has 1 N–H and O–H groups in total. The molecule has 2 rings (SSSR count). The Morgan fingerprint density at radius 1 is 1.47 bits per heavy atom. The standard InChI is InChI=1S/C9H6N2O3S/c12-9(13)7-3-6(5-15-7)14-8-4-10-1-2-11-8/h1-5H,(H,12,13). The molecule has 0 aromatic carbocycles. The van der Waals surface area contributed by atoms with Crippen LogP contribution in [0, 0.1) is 0 Å². The summed E-state index contributed by atoms with van der Waals surface area (Å²) < 4.78 is 5.28. The Kier molecular flexibility index (Phi) is 2.59. The van der Waals surface area contributed by atoms with Crippen LogP contribution in [0.1, 0.15) is 9.67 Å². The number of hydrogen-bond donors (Lipinski definition) is 1. The van der Waals surface area contributed by atoms with Crippen LogP contribution in [-0.2, 0) is 0 Å². The Balaban J connectivity index is 2.15. The number of thiophene rings is 1. The summed E-state index contributed by atoms with van der Waals surface area (Å²) in [5, 5.41) is 10.3. The van der Waals surface area contributed by atoms with Gasteiger partial charge in [0.05, 0.1) is 6.20 Å². The van der Waals surface area contributed by atoms with Crippen LogP contribution in [0.15, 0.2) is 30.0 Å². The van der Waals surface area contributed by atoms with Crippen molar-refractivity contribution in [2.45, 2.75) is 0 Å². The van der Waals surface area contributed by atoms with E-state index in [1.54, 1.807) is 5.38 Å². The van der Waals surface area contributed by atoms with E-state index in [9.17, 15) is 4.79 Å². The molecule has 0 saturated carbocycles. The molecule has 0 aliphatic carbocycles. The molecule has 0 radical (unpaired) electrons. The monoisotopic (exact) mass is 222 g/mol. The lowest BCUT2D eigenvalue weighted by Gasteiger charge is -1.98. The second-order valence-corrected chi connectivity index (χ2v) is 3.51. The summed E-state index contributed by atoms with van der Waals surface area (Å²) >= 11 is 1.10. The van der Waals surface area contributed by atoms with Crippen LogP contribution in [0.25, 0.3) is 0 Å². The van der Waals surface area contributed by atoms with Gasteiger partial charge in [0.15, 0.2) is 0 Å². The van der Waals surface area contributed by atoms with Gasteiger partial charge >= 0.3 is 5.97 Å². The fourth-order valence-corrected chi connectivity index (χ4v) is 1.59. The average Bonchev–Trinajstić information content (AvgIpc) is 2.68. The lowest BCUT2D eigenvalue weighted by molar-refractivity contribution is 0.0702. The Labute approximate surface area is 89.0 Å². The van der Waals surface area contributed by atoms with Crippen LogP contribution in [0.2, 0.25) is 0 Å². The minimum atomic E-state index is -0.964. The number of nitrogens with zero attached hydrogens (tertiary/aromatic N) is 2.